The van der Waals surface area contributed by atoms with Crippen LogP contribution in [0, 0.1) is 5.92 Å². The monoisotopic (exact) mass is 263 g/mol. The predicted molar refractivity (Wildman–Crippen MR) is 79.6 cm³/mol. The molecule has 0 aromatic heterocycles. The third-order valence-electron chi connectivity index (χ3n) is 3.47. The number of nitrogens with zero attached hydrogens (tertiary/aromatic N) is 1. The number of rotatable bonds is 9. The Morgan fingerprint density at radius 2 is 1.95 bits per heavy atom. The Hall–Kier alpha value is -1.51. The zero-order valence-corrected chi connectivity index (χ0v) is 12.0. The molecule has 0 fully saturated rings. The second kappa shape index (κ2) is 8.57. The summed E-state index contributed by atoms with van der Waals surface area (Å²) < 4.78 is 0. The normalized spacial score (nSPS) is 12.1. The van der Waals surface area contributed by atoms with Crippen LogP contribution < -0.4 is 4.90 Å². The number of aliphatic carboxylic acids is 1. The number of carboxylic acid groups (broad SMARTS) is 1. The number of carboxylic acids is 1. The van der Waals surface area contributed by atoms with Gasteiger partial charge in [-0.25, -0.2) is 0 Å². The molecule has 1 atom stereocenters. The summed E-state index contributed by atoms with van der Waals surface area (Å²) in [7, 11) is 0. The van der Waals surface area contributed by atoms with Gasteiger partial charge in [0.2, 0.25) is 0 Å². The number of benzene rings is 1. The number of para-hydroxylation sites is 1. The van der Waals surface area contributed by atoms with Crippen molar-refractivity contribution in [3.63, 3.8) is 0 Å². The van der Waals surface area contributed by atoms with Gasteiger partial charge in [0.25, 0.3) is 0 Å². The van der Waals surface area contributed by atoms with Gasteiger partial charge in [-0.1, -0.05) is 51.3 Å². The van der Waals surface area contributed by atoms with Gasteiger partial charge in [0, 0.05) is 12.2 Å². The molecule has 19 heavy (non-hydrogen) atoms. The van der Waals surface area contributed by atoms with Crippen molar-refractivity contribution in [2.45, 2.75) is 39.5 Å². The van der Waals surface area contributed by atoms with Crippen LogP contribution in [0.3, 0.4) is 0 Å². The molecule has 3 nitrogen and oxygen atoms in total. The molecular formula is C16H25NO2. The number of hydrogen-bond donors (Lipinski definition) is 1. The minimum absolute atomic E-state index is 0.0760. The summed E-state index contributed by atoms with van der Waals surface area (Å²) in [6.45, 7) is 5.28. The Balaban J connectivity index is 2.71. The van der Waals surface area contributed by atoms with Crippen molar-refractivity contribution in [3.8, 4) is 0 Å². The maximum Gasteiger partial charge on any atom is 0.323 e. The minimum Gasteiger partial charge on any atom is -0.480 e. The maximum absolute atomic E-state index is 11.0. The second-order valence-electron chi connectivity index (χ2n) is 5.03. The van der Waals surface area contributed by atoms with Crippen LogP contribution in [0.4, 0.5) is 5.69 Å². The van der Waals surface area contributed by atoms with Crippen molar-refractivity contribution < 1.29 is 9.90 Å². The van der Waals surface area contributed by atoms with E-state index >= 15 is 0 Å². The van der Waals surface area contributed by atoms with Crippen molar-refractivity contribution in [1.82, 2.24) is 0 Å². The fourth-order valence-electron chi connectivity index (χ4n) is 2.29. The molecule has 1 aromatic carbocycles. The molecule has 0 spiro atoms. The SMILES string of the molecule is CCCCC(CC)CN(CC(=O)O)c1ccccc1. The largest absolute Gasteiger partial charge is 0.480 e. The summed E-state index contributed by atoms with van der Waals surface area (Å²) in [6.07, 6.45) is 4.69. The van der Waals surface area contributed by atoms with Crippen LogP contribution in [0.25, 0.3) is 0 Å². The Kier molecular flexibility index (Phi) is 7.01. The van der Waals surface area contributed by atoms with Gasteiger partial charge < -0.3 is 10.0 Å². The van der Waals surface area contributed by atoms with Gasteiger partial charge in [-0.05, 0) is 24.5 Å². The quantitative estimate of drug-likeness (QED) is 0.737. The third kappa shape index (κ3) is 5.77. The minimum atomic E-state index is -0.769. The molecule has 0 bridgehead atoms. The van der Waals surface area contributed by atoms with Gasteiger partial charge in [-0.3, -0.25) is 4.79 Å². The summed E-state index contributed by atoms with van der Waals surface area (Å²) in [6, 6.07) is 9.83. The molecule has 0 radical (unpaired) electrons. The van der Waals surface area contributed by atoms with Crippen LogP contribution in [-0.4, -0.2) is 24.2 Å². The maximum atomic E-state index is 11.0. The van der Waals surface area contributed by atoms with Crippen LogP contribution in [-0.2, 0) is 4.79 Å². The molecule has 3 heteroatoms. The molecular weight excluding hydrogens is 238 g/mol. The van der Waals surface area contributed by atoms with E-state index in [2.05, 4.69) is 13.8 Å². The smallest absolute Gasteiger partial charge is 0.323 e. The van der Waals surface area contributed by atoms with Crippen LogP contribution in [0.1, 0.15) is 39.5 Å². The highest BCUT2D eigenvalue weighted by Crippen LogP contribution is 2.19. The molecule has 0 saturated carbocycles. The van der Waals surface area contributed by atoms with E-state index in [1.54, 1.807) is 0 Å². The van der Waals surface area contributed by atoms with Crippen LogP contribution >= 0.6 is 0 Å². The van der Waals surface area contributed by atoms with E-state index in [0.29, 0.717) is 5.92 Å². The molecule has 1 N–H and O–H groups in total. The first kappa shape index (κ1) is 15.5. The number of unbranched alkanes of at least 4 members (excludes halogenated alkanes) is 1. The van der Waals surface area contributed by atoms with E-state index in [1.165, 1.54) is 19.3 Å². The molecule has 1 aromatic rings. The van der Waals surface area contributed by atoms with Crippen molar-refractivity contribution in [1.29, 1.82) is 0 Å². The van der Waals surface area contributed by atoms with Crippen LogP contribution in [0.15, 0.2) is 30.3 Å². The molecule has 106 valence electrons. The number of hydrogen-bond acceptors (Lipinski definition) is 2. The highest BCUT2D eigenvalue weighted by molar-refractivity contribution is 5.73. The number of carbonyl (C=O) groups is 1. The van der Waals surface area contributed by atoms with Crippen molar-refractivity contribution >= 4 is 11.7 Å². The van der Waals surface area contributed by atoms with Gasteiger partial charge in [0.1, 0.15) is 6.54 Å². The highest BCUT2D eigenvalue weighted by Gasteiger charge is 2.15. The lowest BCUT2D eigenvalue weighted by Gasteiger charge is -2.27. The Morgan fingerprint density at radius 3 is 2.47 bits per heavy atom. The van der Waals surface area contributed by atoms with Gasteiger partial charge in [0.05, 0.1) is 0 Å². The third-order valence-corrected chi connectivity index (χ3v) is 3.47. The lowest BCUT2D eigenvalue weighted by molar-refractivity contribution is -0.135. The highest BCUT2D eigenvalue weighted by atomic mass is 16.4. The van der Waals surface area contributed by atoms with Crippen LogP contribution in [0.5, 0.6) is 0 Å². The van der Waals surface area contributed by atoms with Crippen LogP contribution in [0.2, 0.25) is 0 Å². The van der Waals surface area contributed by atoms with E-state index in [0.717, 1.165) is 18.7 Å². The average Bonchev–Trinajstić information content (AvgIpc) is 2.42. The zero-order chi connectivity index (χ0) is 14.1. The van der Waals surface area contributed by atoms with E-state index in [4.69, 9.17) is 5.11 Å². The van der Waals surface area contributed by atoms with E-state index in [1.807, 2.05) is 35.2 Å². The molecule has 0 aliphatic rings. The predicted octanol–water partition coefficient (Wildman–Crippen LogP) is 3.79. The first-order valence-electron chi connectivity index (χ1n) is 7.19. The zero-order valence-electron chi connectivity index (χ0n) is 12.0. The lowest BCUT2D eigenvalue weighted by Crippen LogP contribution is -2.34. The first-order valence-corrected chi connectivity index (χ1v) is 7.19. The van der Waals surface area contributed by atoms with Gasteiger partial charge >= 0.3 is 5.97 Å². The second-order valence-corrected chi connectivity index (χ2v) is 5.03. The molecule has 0 heterocycles. The fourth-order valence-corrected chi connectivity index (χ4v) is 2.29. The Morgan fingerprint density at radius 1 is 1.26 bits per heavy atom. The summed E-state index contributed by atoms with van der Waals surface area (Å²) in [5.74, 6) is -0.200. The molecule has 1 rings (SSSR count). The number of anilines is 1. The standard InChI is InChI=1S/C16H25NO2/c1-3-5-9-14(4-2)12-17(13-16(18)19)15-10-7-6-8-11-15/h6-8,10-11,14H,3-5,9,12-13H2,1-2H3,(H,18,19). The summed E-state index contributed by atoms with van der Waals surface area (Å²) in [5, 5.41) is 9.07. The average molecular weight is 263 g/mol. The fraction of sp³-hybridized carbons (Fsp3) is 0.562. The van der Waals surface area contributed by atoms with Crippen molar-refractivity contribution in [2.75, 3.05) is 18.0 Å². The molecule has 0 aliphatic carbocycles. The molecule has 0 amide bonds. The molecule has 0 saturated heterocycles. The Labute approximate surface area is 116 Å². The summed E-state index contributed by atoms with van der Waals surface area (Å²) in [4.78, 5) is 13.0. The van der Waals surface area contributed by atoms with Gasteiger partial charge in [0.15, 0.2) is 0 Å². The topological polar surface area (TPSA) is 40.5 Å². The van der Waals surface area contributed by atoms with Gasteiger partial charge in [-0.15, -0.1) is 0 Å². The lowest BCUT2D eigenvalue weighted by atomic mass is 9.98. The van der Waals surface area contributed by atoms with E-state index in [9.17, 15) is 4.79 Å². The molecule has 0 aliphatic heterocycles. The van der Waals surface area contributed by atoms with Crippen molar-refractivity contribution in [3.05, 3.63) is 30.3 Å². The Bertz CT molecular complexity index is 364. The summed E-state index contributed by atoms with van der Waals surface area (Å²) in [5.41, 5.74) is 1.000. The van der Waals surface area contributed by atoms with E-state index in [-0.39, 0.29) is 6.54 Å². The molecule has 1 unspecified atom stereocenters. The van der Waals surface area contributed by atoms with E-state index < -0.39 is 5.97 Å². The summed E-state index contributed by atoms with van der Waals surface area (Å²) >= 11 is 0. The first-order chi connectivity index (χ1) is 9.17. The van der Waals surface area contributed by atoms with Gasteiger partial charge in [-0.2, -0.15) is 0 Å². The van der Waals surface area contributed by atoms with Crippen molar-refractivity contribution in [2.24, 2.45) is 5.92 Å².